The van der Waals surface area contributed by atoms with Crippen LogP contribution < -0.4 is 10.6 Å². The van der Waals surface area contributed by atoms with Crippen LogP contribution in [0.1, 0.15) is 42.9 Å². The van der Waals surface area contributed by atoms with Crippen LogP contribution in [0.3, 0.4) is 0 Å². The molecule has 0 aromatic heterocycles. The second-order valence-electron chi connectivity index (χ2n) is 5.31. The molecule has 2 aliphatic rings. The van der Waals surface area contributed by atoms with Gasteiger partial charge in [0.1, 0.15) is 6.04 Å². The fraction of sp³-hybridized carbons (Fsp3) is 0.467. The third-order valence-corrected chi connectivity index (χ3v) is 4.00. The number of amides is 2. The first-order chi connectivity index (χ1) is 9.24. The topological polar surface area (TPSA) is 58.2 Å². The SMILES string of the molecule is O=C1CC[C@H](C(=O)N[C@@H]2CCCc3ccccc32)N1. The van der Waals surface area contributed by atoms with Crippen molar-refractivity contribution in [3.63, 3.8) is 0 Å². The van der Waals surface area contributed by atoms with Crippen LogP contribution in [0.4, 0.5) is 0 Å². The number of nitrogens with one attached hydrogen (secondary N) is 2. The van der Waals surface area contributed by atoms with Gasteiger partial charge >= 0.3 is 0 Å². The van der Waals surface area contributed by atoms with Crippen molar-refractivity contribution in [2.75, 3.05) is 0 Å². The number of hydrogen-bond acceptors (Lipinski definition) is 2. The van der Waals surface area contributed by atoms with Crippen LogP contribution in [-0.2, 0) is 16.0 Å². The van der Waals surface area contributed by atoms with E-state index in [-0.39, 0.29) is 23.9 Å². The molecule has 19 heavy (non-hydrogen) atoms. The van der Waals surface area contributed by atoms with Gasteiger partial charge in [0.15, 0.2) is 0 Å². The van der Waals surface area contributed by atoms with Crippen LogP contribution in [0.2, 0.25) is 0 Å². The van der Waals surface area contributed by atoms with Gasteiger partial charge in [-0.15, -0.1) is 0 Å². The largest absolute Gasteiger partial charge is 0.348 e. The van der Waals surface area contributed by atoms with Crippen molar-refractivity contribution in [1.29, 1.82) is 0 Å². The zero-order chi connectivity index (χ0) is 13.2. The highest BCUT2D eigenvalue weighted by Crippen LogP contribution is 2.29. The van der Waals surface area contributed by atoms with Crippen molar-refractivity contribution in [2.45, 2.75) is 44.2 Å². The fourth-order valence-electron chi connectivity index (χ4n) is 2.99. The molecule has 2 atom stereocenters. The average Bonchev–Trinajstić information content (AvgIpc) is 2.86. The van der Waals surface area contributed by atoms with Crippen molar-refractivity contribution >= 4 is 11.8 Å². The van der Waals surface area contributed by atoms with Crippen LogP contribution in [0.5, 0.6) is 0 Å². The van der Waals surface area contributed by atoms with Gasteiger partial charge in [0, 0.05) is 6.42 Å². The molecule has 0 bridgehead atoms. The second-order valence-corrected chi connectivity index (χ2v) is 5.31. The third kappa shape index (κ3) is 2.48. The van der Waals surface area contributed by atoms with E-state index in [0.717, 1.165) is 19.3 Å². The van der Waals surface area contributed by atoms with Crippen LogP contribution >= 0.6 is 0 Å². The number of benzene rings is 1. The van der Waals surface area contributed by atoms with Crippen LogP contribution in [0.15, 0.2) is 24.3 Å². The Bertz CT molecular complexity index is 513. The summed E-state index contributed by atoms with van der Waals surface area (Å²) in [6, 6.07) is 8.02. The lowest BCUT2D eigenvalue weighted by Gasteiger charge is -2.27. The number of aryl methyl sites for hydroxylation is 1. The first kappa shape index (κ1) is 12.2. The number of carbonyl (C=O) groups is 2. The summed E-state index contributed by atoms with van der Waals surface area (Å²) in [5.41, 5.74) is 2.56. The number of hydrogen-bond donors (Lipinski definition) is 2. The molecule has 1 aromatic rings. The van der Waals surface area contributed by atoms with Crippen LogP contribution in [0, 0.1) is 0 Å². The normalized spacial score (nSPS) is 25.6. The fourth-order valence-corrected chi connectivity index (χ4v) is 2.99. The molecular formula is C15H18N2O2. The van der Waals surface area contributed by atoms with Gasteiger partial charge in [0.25, 0.3) is 0 Å². The summed E-state index contributed by atoms with van der Waals surface area (Å²) in [5, 5.41) is 5.80. The van der Waals surface area contributed by atoms with E-state index < -0.39 is 0 Å². The van der Waals surface area contributed by atoms with Crippen molar-refractivity contribution in [3.05, 3.63) is 35.4 Å². The Kier molecular flexibility index (Phi) is 3.23. The third-order valence-electron chi connectivity index (χ3n) is 4.00. The van der Waals surface area contributed by atoms with Crippen molar-refractivity contribution < 1.29 is 9.59 Å². The highest BCUT2D eigenvalue weighted by molar-refractivity contribution is 5.91. The summed E-state index contributed by atoms with van der Waals surface area (Å²) >= 11 is 0. The van der Waals surface area contributed by atoms with E-state index in [2.05, 4.69) is 22.8 Å². The maximum atomic E-state index is 12.1. The van der Waals surface area contributed by atoms with Gasteiger partial charge in [-0.25, -0.2) is 0 Å². The Morgan fingerprint density at radius 2 is 2.05 bits per heavy atom. The molecule has 0 unspecified atom stereocenters. The Morgan fingerprint density at radius 1 is 1.21 bits per heavy atom. The van der Waals surface area contributed by atoms with E-state index in [9.17, 15) is 9.59 Å². The van der Waals surface area contributed by atoms with Crippen molar-refractivity contribution in [3.8, 4) is 0 Å². The minimum absolute atomic E-state index is 0.0239. The quantitative estimate of drug-likeness (QED) is 0.843. The molecule has 3 rings (SSSR count). The molecular weight excluding hydrogens is 240 g/mol. The molecule has 1 aliphatic carbocycles. The maximum Gasteiger partial charge on any atom is 0.243 e. The van der Waals surface area contributed by atoms with E-state index >= 15 is 0 Å². The Labute approximate surface area is 112 Å². The van der Waals surface area contributed by atoms with Gasteiger partial charge in [-0.1, -0.05) is 24.3 Å². The molecule has 4 nitrogen and oxygen atoms in total. The van der Waals surface area contributed by atoms with Gasteiger partial charge < -0.3 is 10.6 Å². The summed E-state index contributed by atoms with van der Waals surface area (Å²) in [6.45, 7) is 0. The second kappa shape index (κ2) is 5.03. The monoisotopic (exact) mass is 258 g/mol. The average molecular weight is 258 g/mol. The molecule has 2 N–H and O–H groups in total. The minimum Gasteiger partial charge on any atom is -0.348 e. The zero-order valence-corrected chi connectivity index (χ0v) is 10.8. The number of rotatable bonds is 2. The molecule has 1 aromatic carbocycles. The Balaban J connectivity index is 1.71. The molecule has 1 aliphatic heterocycles. The summed E-state index contributed by atoms with van der Waals surface area (Å²) in [4.78, 5) is 23.3. The summed E-state index contributed by atoms with van der Waals surface area (Å²) in [7, 11) is 0. The van der Waals surface area contributed by atoms with Gasteiger partial charge in [-0.3, -0.25) is 9.59 Å². The summed E-state index contributed by atoms with van der Waals surface area (Å²) in [5.74, 6) is -0.0725. The Hall–Kier alpha value is -1.84. The van der Waals surface area contributed by atoms with Gasteiger partial charge in [0.05, 0.1) is 6.04 Å². The lowest BCUT2D eigenvalue weighted by molar-refractivity contribution is -0.126. The van der Waals surface area contributed by atoms with E-state index in [1.54, 1.807) is 0 Å². The molecule has 1 saturated heterocycles. The first-order valence-electron chi connectivity index (χ1n) is 6.91. The zero-order valence-electron chi connectivity index (χ0n) is 10.8. The Morgan fingerprint density at radius 3 is 2.84 bits per heavy atom. The molecule has 4 heteroatoms. The van der Waals surface area contributed by atoms with Crippen LogP contribution in [0.25, 0.3) is 0 Å². The lowest BCUT2D eigenvalue weighted by Crippen LogP contribution is -2.43. The minimum atomic E-state index is -0.346. The smallest absolute Gasteiger partial charge is 0.243 e. The van der Waals surface area contributed by atoms with E-state index in [1.165, 1.54) is 11.1 Å². The molecule has 1 fully saturated rings. The molecule has 1 heterocycles. The first-order valence-corrected chi connectivity index (χ1v) is 6.91. The van der Waals surface area contributed by atoms with Gasteiger partial charge in [-0.2, -0.15) is 0 Å². The van der Waals surface area contributed by atoms with E-state index in [1.807, 2.05) is 12.1 Å². The molecule has 0 saturated carbocycles. The van der Waals surface area contributed by atoms with Crippen molar-refractivity contribution in [1.82, 2.24) is 10.6 Å². The number of fused-ring (bicyclic) bond motifs is 1. The molecule has 2 amide bonds. The lowest BCUT2D eigenvalue weighted by atomic mass is 9.87. The van der Waals surface area contributed by atoms with Crippen LogP contribution in [-0.4, -0.2) is 17.9 Å². The highest BCUT2D eigenvalue weighted by Gasteiger charge is 2.30. The maximum absolute atomic E-state index is 12.1. The molecule has 0 radical (unpaired) electrons. The van der Waals surface area contributed by atoms with Crippen molar-refractivity contribution in [2.24, 2.45) is 0 Å². The molecule has 100 valence electrons. The highest BCUT2D eigenvalue weighted by atomic mass is 16.2. The van der Waals surface area contributed by atoms with E-state index in [0.29, 0.717) is 12.8 Å². The predicted molar refractivity (Wildman–Crippen MR) is 71.4 cm³/mol. The predicted octanol–water partition coefficient (Wildman–Crippen LogP) is 1.46. The molecule has 0 spiro atoms. The standard InChI is InChI=1S/C15H18N2O2/c18-14-9-8-13(16-14)15(19)17-12-7-3-5-10-4-1-2-6-11(10)12/h1-2,4,6,12-13H,3,5,7-9H2,(H,16,18)(H,17,19)/t12-,13-/m1/s1. The van der Waals surface area contributed by atoms with Gasteiger partial charge in [-0.05, 0) is 36.8 Å². The number of carbonyl (C=O) groups excluding carboxylic acids is 2. The van der Waals surface area contributed by atoms with Gasteiger partial charge in [0.2, 0.25) is 11.8 Å². The summed E-state index contributed by atoms with van der Waals surface area (Å²) in [6.07, 6.45) is 4.23. The summed E-state index contributed by atoms with van der Waals surface area (Å²) < 4.78 is 0. The van der Waals surface area contributed by atoms with E-state index in [4.69, 9.17) is 0 Å².